The van der Waals surface area contributed by atoms with E-state index >= 15 is 0 Å². The fraction of sp³-hybridized carbons (Fsp3) is 0.667. The van der Waals surface area contributed by atoms with Gasteiger partial charge in [-0.3, -0.25) is 0 Å². The molecule has 0 spiro atoms. The minimum atomic E-state index is -4.35. The molecular weight excluding hydrogens is 311 g/mol. The molecule has 0 saturated carbocycles. The Morgan fingerprint density at radius 2 is 1.95 bits per heavy atom. The smallest absolute Gasteiger partial charge is 0.422 e. The number of halogens is 3. The van der Waals surface area contributed by atoms with Crippen LogP contribution in [0.3, 0.4) is 0 Å². The molecule has 0 aliphatic heterocycles. The maximum Gasteiger partial charge on any atom is 0.422 e. The first-order valence-corrected chi connectivity index (χ1v) is 7.93. The van der Waals surface area contributed by atoms with Crippen molar-refractivity contribution in [3.8, 4) is 5.06 Å². The van der Waals surface area contributed by atoms with Crippen LogP contribution in [-0.4, -0.2) is 22.1 Å². The van der Waals surface area contributed by atoms with Gasteiger partial charge in [-0.15, -0.1) is 16.1 Å². The maximum atomic E-state index is 12.0. The van der Waals surface area contributed by atoms with Crippen molar-refractivity contribution in [3.63, 3.8) is 0 Å². The molecule has 0 fully saturated rings. The minimum Gasteiger partial charge on any atom is -0.598 e. The molecule has 1 aromatic heterocycles. The third kappa shape index (κ3) is 5.90. The Hall–Kier alpha value is -0.440. The summed E-state index contributed by atoms with van der Waals surface area (Å²) in [7, 11) is 0. The van der Waals surface area contributed by atoms with Gasteiger partial charge in [-0.05, 0) is 39.8 Å². The predicted octanol–water partition coefficient (Wildman–Crippen LogP) is 3.80. The molecule has 1 rings (SSSR count). The second kappa shape index (κ2) is 6.55. The number of nitrogens with one attached hydrogen (secondary N) is 1. The fourth-order valence-corrected chi connectivity index (χ4v) is 2.93. The van der Waals surface area contributed by atoms with Crippen LogP contribution < -0.4 is 9.46 Å². The summed E-state index contributed by atoms with van der Waals surface area (Å²) in [5.41, 5.74) is 0. The summed E-state index contributed by atoms with van der Waals surface area (Å²) in [6.45, 7) is 6.03. The standard InChI is InChI=1S/C12H18F3NO2S2/c1-8(16-20(17)11(2,3)4)9-5-6-10(19-9)18-7-12(13,14)15/h5-6,8,16H,7H2,1-4H3/t8-,20+/m1/s1. The van der Waals surface area contributed by atoms with E-state index in [9.17, 15) is 17.7 Å². The van der Waals surface area contributed by atoms with Crippen molar-refractivity contribution < 1.29 is 22.5 Å². The molecule has 0 bridgehead atoms. The molecule has 0 unspecified atom stereocenters. The van der Waals surface area contributed by atoms with E-state index in [1.807, 2.05) is 27.7 Å². The largest absolute Gasteiger partial charge is 0.598 e. The molecule has 0 saturated heterocycles. The van der Waals surface area contributed by atoms with Crippen LogP contribution in [0.25, 0.3) is 0 Å². The zero-order chi connectivity index (χ0) is 15.6. The highest BCUT2D eigenvalue weighted by molar-refractivity contribution is 7.90. The van der Waals surface area contributed by atoms with Crippen molar-refractivity contribution in [2.45, 2.75) is 44.7 Å². The SMILES string of the molecule is C[C@@H](N[S@@+]([O-])C(C)(C)C)c1ccc(OCC(F)(F)F)s1. The number of thiophene rings is 1. The predicted molar refractivity (Wildman–Crippen MR) is 75.3 cm³/mol. The van der Waals surface area contributed by atoms with Gasteiger partial charge in [0, 0.05) is 16.2 Å². The van der Waals surface area contributed by atoms with Crippen molar-refractivity contribution in [2.24, 2.45) is 0 Å². The van der Waals surface area contributed by atoms with Crippen LogP contribution in [0, 0.1) is 0 Å². The molecular formula is C12H18F3NO2S2. The molecule has 0 amide bonds. The first-order chi connectivity index (χ1) is 8.99. The quantitative estimate of drug-likeness (QED) is 0.836. The lowest BCUT2D eigenvalue weighted by atomic mass is 10.3. The molecule has 0 aromatic carbocycles. The third-order valence-corrected chi connectivity index (χ3v) is 5.11. The van der Waals surface area contributed by atoms with Crippen molar-refractivity contribution in [2.75, 3.05) is 6.61 Å². The van der Waals surface area contributed by atoms with Gasteiger partial charge in [-0.1, -0.05) is 0 Å². The summed E-state index contributed by atoms with van der Waals surface area (Å²) in [6, 6.07) is 2.95. The molecule has 1 N–H and O–H groups in total. The molecule has 2 atom stereocenters. The summed E-state index contributed by atoms with van der Waals surface area (Å²) >= 11 is -0.125. The van der Waals surface area contributed by atoms with Crippen LogP contribution in [0.2, 0.25) is 0 Å². The van der Waals surface area contributed by atoms with Gasteiger partial charge >= 0.3 is 6.18 Å². The van der Waals surface area contributed by atoms with Gasteiger partial charge in [0.15, 0.2) is 11.7 Å². The number of hydrogen-bond donors (Lipinski definition) is 1. The van der Waals surface area contributed by atoms with Crippen LogP contribution in [0.1, 0.15) is 38.6 Å². The highest BCUT2D eigenvalue weighted by Gasteiger charge is 2.30. The zero-order valence-electron chi connectivity index (χ0n) is 11.7. The van der Waals surface area contributed by atoms with Gasteiger partial charge < -0.3 is 9.29 Å². The topological polar surface area (TPSA) is 44.3 Å². The summed E-state index contributed by atoms with van der Waals surface area (Å²) in [5, 5.41) is 0.201. The molecule has 20 heavy (non-hydrogen) atoms. The van der Waals surface area contributed by atoms with E-state index in [4.69, 9.17) is 0 Å². The minimum absolute atomic E-state index is 0.201. The van der Waals surface area contributed by atoms with E-state index < -0.39 is 28.9 Å². The summed E-state index contributed by atoms with van der Waals surface area (Å²) in [5.74, 6) is 0. The lowest BCUT2D eigenvalue weighted by molar-refractivity contribution is -0.152. The average Bonchev–Trinajstić information content (AvgIpc) is 2.72. The number of hydrogen-bond acceptors (Lipinski definition) is 4. The van der Waals surface area contributed by atoms with Crippen LogP contribution in [-0.2, 0) is 11.4 Å². The Morgan fingerprint density at radius 3 is 2.45 bits per heavy atom. The highest BCUT2D eigenvalue weighted by Crippen LogP contribution is 2.31. The van der Waals surface area contributed by atoms with Crippen LogP contribution >= 0.6 is 11.3 Å². The van der Waals surface area contributed by atoms with Gasteiger partial charge in [-0.2, -0.15) is 13.2 Å². The highest BCUT2D eigenvalue weighted by atomic mass is 32.2. The van der Waals surface area contributed by atoms with Crippen LogP contribution in [0.15, 0.2) is 12.1 Å². The number of ether oxygens (including phenoxy) is 1. The van der Waals surface area contributed by atoms with Crippen molar-refractivity contribution in [1.29, 1.82) is 0 Å². The van der Waals surface area contributed by atoms with E-state index in [0.29, 0.717) is 0 Å². The van der Waals surface area contributed by atoms with Gasteiger partial charge in [0.2, 0.25) is 0 Å². The molecule has 1 heterocycles. The van der Waals surface area contributed by atoms with Crippen LogP contribution in [0.4, 0.5) is 13.2 Å². The van der Waals surface area contributed by atoms with Gasteiger partial charge in [-0.25, -0.2) is 0 Å². The van der Waals surface area contributed by atoms with Crippen molar-refractivity contribution in [1.82, 2.24) is 4.72 Å². The first kappa shape index (κ1) is 17.6. The molecule has 0 radical (unpaired) electrons. The monoisotopic (exact) mass is 329 g/mol. The van der Waals surface area contributed by atoms with Crippen molar-refractivity contribution in [3.05, 3.63) is 17.0 Å². The lowest BCUT2D eigenvalue weighted by Gasteiger charge is -2.26. The Morgan fingerprint density at radius 1 is 1.35 bits per heavy atom. The molecule has 0 aliphatic rings. The Labute approximate surface area is 123 Å². The normalized spacial score (nSPS) is 16.0. The Balaban J connectivity index is 2.58. The lowest BCUT2D eigenvalue weighted by Crippen LogP contribution is -2.40. The van der Waals surface area contributed by atoms with Gasteiger partial charge in [0.25, 0.3) is 0 Å². The van der Waals surface area contributed by atoms with Gasteiger partial charge in [0.05, 0.1) is 6.04 Å². The van der Waals surface area contributed by atoms with E-state index in [-0.39, 0.29) is 11.1 Å². The second-order valence-corrected chi connectivity index (χ2v) is 8.36. The van der Waals surface area contributed by atoms with E-state index in [1.54, 1.807) is 6.07 Å². The molecule has 1 aromatic rings. The van der Waals surface area contributed by atoms with Crippen molar-refractivity contribution >= 4 is 22.7 Å². The van der Waals surface area contributed by atoms with Gasteiger partial charge in [0.1, 0.15) is 4.75 Å². The summed E-state index contributed by atoms with van der Waals surface area (Å²) in [4.78, 5) is 0.778. The van der Waals surface area contributed by atoms with Crippen LogP contribution in [0.5, 0.6) is 5.06 Å². The molecule has 3 nitrogen and oxygen atoms in total. The zero-order valence-corrected chi connectivity index (χ0v) is 13.3. The molecule has 0 aliphatic carbocycles. The van der Waals surface area contributed by atoms with E-state index in [2.05, 4.69) is 9.46 Å². The fourth-order valence-electron chi connectivity index (χ4n) is 1.19. The number of rotatable bonds is 5. The third-order valence-electron chi connectivity index (χ3n) is 2.25. The summed E-state index contributed by atoms with van der Waals surface area (Å²) in [6.07, 6.45) is -4.35. The van der Waals surface area contributed by atoms with E-state index in [1.165, 1.54) is 6.07 Å². The maximum absolute atomic E-state index is 12.0. The average molecular weight is 329 g/mol. The summed E-state index contributed by atoms with van der Waals surface area (Å²) < 4.78 is 55.2. The van der Waals surface area contributed by atoms with E-state index in [0.717, 1.165) is 16.2 Å². The Bertz CT molecular complexity index is 429. The molecule has 8 heteroatoms. The Kier molecular flexibility index (Phi) is 5.77. The first-order valence-electron chi connectivity index (χ1n) is 5.96. The molecule has 116 valence electrons. The second-order valence-electron chi connectivity index (χ2n) is 5.28. The number of alkyl halides is 3.